The SMILES string of the molecule is CN(C[C@H]1Cc2ccccc2CN1C)C(=O)c1cc(-c2ccsc2)n[nH]1. The molecule has 26 heavy (non-hydrogen) atoms. The number of H-pyrrole nitrogens is 1. The van der Waals surface area contributed by atoms with E-state index in [-0.39, 0.29) is 5.91 Å². The van der Waals surface area contributed by atoms with Crippen LogP contribution in [-0.4, -0.2) is 52.6 Å². The average Bonchev–Trinajstić information content (AvgIpc) is 3.33. The summed E-state index contributed by atoms with van der Waals surface area (Å²) in [6, 6.07) is 12.7. The summed E-state index contributed by atoms with van der Waals surface area (Å²) in [6.07, 6.45) is 0.966. The molecule has 0 unspecified atom stereocenters. The fourth-order valence-electron chi connectivity index (χ4n) is 3.52. The fourth-order valence-corrected chi connectivity index (χ4v) is 4.17. The van der Waals surface area contributed by atoms with E-state index in [1.54, 1.807) is 16.2 Å². The van der Waals surface area contributed by atoms with Crippen LogP contribution in [0.25, 0.3) is 11.3 Å². The predicted molar refractivity (Wildman–Crippen MR) is 104 cm³/mol. The highest BCUT2D eigenvalue weighted by Gasteiger charge is 2.26. The minimum absolute atomic E-state index is 0.0220. The molecule has 0 bridgehead atoms. The van der Waals surface area contributed by atoms with Gasteiger partial charge in [0.1, 0.15) is 5.69 Å². The summed E-state index contributed by atoms with van der Waals surface area (Å²) < 4.78 is 0. The lowest BCUT2D eigenvalue weighted by molar-refractivity contribution is 0.0728. The summed E-state index contributed by atoms with van der Waals surface area (Å²) in [4.78, 5) is 16.9. The number of carbonyl (C=O) groups is 1. The quantitative estimate of drug-likeness (QED) is 0.771. The number of hydrogen-bond donors (Lipinski definition) is 1. The van der Waals surface area contributed by atoms with Gasteiger partial charge >= 0.3 is 0 Å². The lowest BCUT2D eigenvalue weighted by Gasteiger charge is -2.36. The summed E-state index contributed by atoms with van der Waals surface area (Å²) >= 11 is 1.62. The van der Waals surface area contributed by atoms with Gasteiger partial charge in [0.15, 0.2) is 0 Å². The first-order valence-electron chi connectivity index (χ1n) is 8.72. The normalized spacial score (nSPS) is 17.1. The van der Waals surface area contributed by atoms with Crippen LogP contribution in [0, 0.1) is 0 Å². The molecule has 5 nitrogen and oxygen atoms in total. The Morgan fingerprint density at radius 3 is 2.92 bits per heavy atom. The van der Waals surface area contributed by atoms with Crippen molar-refractivity contribution in [3.05, 3.63) is 64.0 Å². The lowest BCUT2D eigenvalue weighted by atomic mass is 9.94. The van der Waals surface area contributed by atoms with Crippen molar-refractivity contribution in [2.45, 2.75) is 19.0 Å². The summed E-state index contributed by atoms with van der Waals surface area (Å²) in [5.74, 6) is -0.0220. The maximum Gasteiger partial charge on any atom is 0.271 e. The van der Waals surface area contributed by atoms with Gasteiger partial charge in [-0.05, 0) is 42.1 Å². The molecule has 1 N–H and O–H groups in total. The Balaban J connectivity index is 1.45. The second kappa shape index (κ2) is 7.05. The van der Waals surface area contributed by atoms with E-state index in [0.717, 1.165) is 24.2 Å². The third-order valence-electron chi connectivity index (χ3n) is 5.07. The number of likely N-dealkylation sites (N-methyl/N-ethyl adjacent to an activating group) is 2. The average molecular weight is 366 g/mol. The highest BCUT2D eigenvalue weighted by Crippen LogP contribution is 2.23. The monoisotopic (exact) mass is 366 g/mol. The van der Waals surface area contributed by atoms with E-state index in [0.29, 0.717) is 18.3 Å². The maximum absolute atomic E-state index is 12.8. The van der Waals surface area contributed by atoms with Gasteiger partial charge in [0.25, 0.3) is 5.91 Å². The van der Waals surface area contributed by atoms with Crippen LogP contribution in [0.15, 0.2) is 47.2 Å². The maximum atomic E-state index is 12.8. The number of rotatable bonds is 4. The molecule has 0 saturated carbocycles. The van der Waals surface area contributed by atoms with E-state index in [9.17, 15) is 4.79 Å². The van der Waals surface area contributed by atoms with Gasteiger partial charge in [0.05, 0.1) is 5.69 Å². The highest BCUT2D eigenvalue weighted by molar-refractivity contribution is 7.08. The Hall–Kier alpha value is -2.44. The minimum atomic E-state index is -0.0220. The topological polar surface area (TPSA) is 52.2 Å². The van der Waals surface area contributed by atoms with Gasteiger partial charge in [-0.15, -0.1) is 0 Å². The Morgan fingerprint density at radius 2 is 2.15 bits per heavy atom. The zero-order valence-electron chi connectivity index (χ0n) is 15.0. The summed E-state index contributed by atoms with van der Waals surface area (Å²) in [6.45, 7) is 1.62. The summed E-state index contributed by atoms with van der Waals surface area (Å²) in [5, 5.41) is 11.2. The van der Waals surface area contributed by atoms with Crippen molar-refractivity contribution < 1.29 is 4.79 Å². The lowest BCUT2D eigenvalue weighted by Crippen LogP contribution is -2.46. The van der Waals surface area contributed by atoms with Gasteiger partial charge in [-0.25, -0.2) is 0 Å². The molecule has 1 amide bonds. The Morgan fingerprint density at radius 1 is 1.35 bits per heavy atom. The van der Waals surface area contributed by atoms with Gasteiger partial charge < -0.3 is 4.90 Å². The fraction of sp³-hybridized carbons (Fsp3) is 0.300. The molecule has 1 aromatic carbocycles. The first kappa shape index (κ1) is 17.0. The zero-order chi connectivity index (χ0) is 18.1. The molecule has 6 heteroatoms. The van der Waals surface area contributed by atoms with Crippen LogP contribution < -0.4 is 0 Å². The molecule has 0 spiro atoms. The van der Waals surface area contributed by atoms with Crippen molar-refractivity contribution in [1.29, 1.82) is 0 Å². The van der Waals surface area contributed by atoms with Gasteiger partial charge in [0.2, 0.25) is 0 Å². The van der Waals surface area contributed by atoms with Gasteiger partial charge in [-0.1, -0.05) is 24.3 Å². The first-order chi connectivity index (χ1) is 12.6. The zero-order valence-corrected chi connectivity index (χ0v) is 15.8. The molecular weight excluding hydrogens is 344 g/mol. The standard InChI is InChI=1S/C20H22N4OS/c1-23-11-15-6-4-3-5-14(15)9-17(23)12-24(2)20(25)19-10-18(21-22-19)16-7-8-26-13-16/h3-8,10,13,17H,9,11-12H2,1-2H3,(H,21,22)/t17-/m1/s1. The number of amides is 1. The van der Waals surface area contributed by atoms with Crippen molar-refractivity contribution in [2.24, 2.45) is 0 Å². The van der Waals surface area contributed by atoms with E-state index in [1.807, 2.05) is 29.9 Å². The second-order valence-electron chi connectivity index (χ2n) is 6.91. The van der Waals surface area contributed by atoms with E-state index in [2.05, 4.69) is 46.4 Å². The molecule has 0 aliphatic carbocycles. The number of nitrogens with zero attached hydrogens (tertiary/aromatic N) is 3. The molecule has 0 fully saturated rings. The largest absolute Gasteiger partial charge is 0.339 e. The first-order valence-corrected chi connectivity index (χ1v) is 9.66. The van der Waals surface area contributed by atoms with Crippen molar-refractivity contribution in [3.63, 3.8) is 0 Å². The van der Waals surface area contributed by atoms with Gasteiger partial charge in [-0.3, -0.25) is 14.8 Å². The van der Waals surface area contributed by atoms with Crippen molar-refractivity contribution in [3.8, 4) is 11.3 Å². The number of nitrogens with one attached hydrogen (secondary N) is 1. The third-order valence-corrected chi connectivity index (χ3v) is 5.76. The molecule has 134 valence electrons. The molecule has 3 heterocycles. The van der Waals surface area contributed by atoms with Crippen LogP contribution in [0.2, 0.25) is 0 Å². The summed E-state index contributed by atoms with van der Waals surface area (Å²) in [7, 11) is 3.99. The smallest absolute Gasteiger partial charge is 0.271 e. The van der Waals surface area contributed by atoms with Crippen LogP contribution >= 0.6 is 11.3 Å². The molecule has 1 aliphatic rings. The third kappa shape index (κ3) is 3.30. The molecule has 1 aliphatic heterocycles. The van der Waals surface area contributed by atoms with E-state index < -0.39 is 0 Å². The van der Waals surface area contributed by atoms with Gasteiger partial charge in [-0.2, -0.15) is 16.4 Å². The molecular formula is C20H22N4OS. The number of aromatic nitrogens is 2. The number of fused-ring (bicyclic) bond motifs is 1. The summed E-state index contributed by atoms with van der Waals surface area (Å²) in [5.41, 5.74) is 5.16. The molecule has 4 rings (SSSR count). The van der Waals surface area contributed by atoms with Crippen LogP contribution in [0.1, 0.15) is 21.6 Å². The number of hydrogen-bond acceptors (Lipinski definition) is 4. The van der Waals surface area contributed by atoms with Crippen molar-refractivity contribution in [2.75, 3.05) is 20.6 Å². The van der Waals surface area contributed by atoms with E-state index >= 15 is 0 Å². The molecule has 2 aromatic heterocycles. The van der Waals surface area contributed by atoms with Crippen LogP contribution in [0.5, 0.6) is 0 Å². The number of aromatic amines is 1. The van der Waals surface area contributed by atoms with E-state index in [4.69, 9.17) is 0 Å². The van der Waals surface area contributed by atoms with Crippen LogP contribution in [0.3, 0.4) is 0 Å². The molecule has 3 aromatic rings. The highest BCUT2D eigenvalue weighted by atomic mass is 32.1. The minimum Gasteiger partial charge on any atom is -0.339 e. The molecule has 1 atom stereocenters. The Bertz CT molecular complexity index is 902. The number of benzene rings is 1. The predicted octanol–water partition coefficient (Wildman–Crippen LogP) is 3.27. The Kier molecular flexibility index (Phi) is 4.61. The van der Waals surface area contributed by atoms with Crippen molar-refractivity contribution in [1.82, 2.24) is 20.0 Å². The second-order valence-corrected chi connectivity index (χ2v) is 7.69. The Labute approximate surface area is 157 Å². The van der Waals surface area contributed by atoms with Crippen LogP contribution in [-0.2, 0) is 13.0 Å². The van der Waals surface area contributed by atoms with Crippen LogP contribution in [0.4, 0.5) is 0 Å². The number of carbonyl (C=O) groups excluding carboxylic acids is 1. The number of thiophene rings is 1. The molecule has 0 saturated heterocycles. The van der Waals surface area contributed by atoms with E-state index in [1.165, 1.54) is 11.1 Å². The van der Waals surface area contributed by atoms with Crippen molar-refractivity contribution >= 4 is 17.2 Å². The van der Waals surface area contributed by atoms with Gasteiger partial charge in [0, 0.05) is 37.1 Å². The molecule has 0 radical (unpaired) electrons.